The molecule has 88 valence electrons. The highest BCUT2D eigenvalue weighted by Gasteiger charge is 2.12. The average molecular weight is 243 g/mol. The van der Waals surface area contributed by atoms with E-state index in [2.05, 4.69) is 4.74 Å². The summed E-state index contributed by atoms with van der Waals surface area (Å²) in [5.41, 5.74) is 6.18. The fourth-order valence-corrected chi connectivity index (χ4v) is 1.83. The fraction of sp³-hybridized carbons (Fsp3) is 0.400. The number of rotatable bonds is 4. The number of aryl methyl sites for hydroxylation is 1. The van der Waals surface area contributed by atoms with Crippen LogP contribution in [-0.4, -0.2) is 25.7 Å². The van der Waals surface area contributed by atoms with Crippen molar-refractivity contribution in [3.8, 4) is 0 Å². The first kappa shape index (κ1) is 12.5. The molecule has 0 saturated heterocycles. The van der Waals surface area contributed by atoms with Gasteiger partial charge in [-0.15, -0.1) is 11.3 Å². The minimum atomic E-state index is -0.464. The van der Waals surface area contributed by atoms with E-state index in [-0.39, 0.29) is 13.0 Å². The monoisotopic (exact) mass is 243 g/mol. The normalized spacial score (nSPS) is 9.88. The number of hydrogen-bond acceptors (Lipinski definition) is 6. The summed E-state index contributed by atoms with van der Waals surface area (Å²) in [6.07, 6.45) is 0.0576. The third-order valence-electron chi connectivity index (χ3n) is 1.92. The van der Waals surface area contributed by atoms with E-state index in [0.29, 0.717) is 10.6 Å². The predicted molar refractivity (Wildman–Crippen MR) is 60.4 cm³/mol. The Hall–Kier alpha value is -1.56. The summed E-state index contributed by atoms with van der Waals surface area (Å²) in [7, 11) is 1.29. The second-order valence-electron chi connectivity index (χ2n) is 3.08. The maximum absolute atomic E-state index is 11.5. The number of nitrogen functional groups attached to an aromatic ring is 1. The van der Waals surface area contributed by atoms with Crippen LogP contribution in [-0.2, 0) is 14.3 Å². The van der Waals surface area contributed by atoms with Crippen LogP contribution in [0.1, 0.15) is 21.0 Å². The van der Waals surface area contributed by atoms with Gasteiger partial charge in [0.2, 0.25) is 0 Å². The van der Waals surface area contributed by atoms with Gasteiger partial charge in [0.05, 0.1) is 13.5 Å². The van der Waals surface area contributed by atoms with Crippen LogP contribution < -0.4 is 5.73 Å². The van der Waals surface area contributed by atoms with E-state index >= 15 is 0 Å². The molecule has 0 amide bonds. The molecule has 0 fully saturated rings. The first-order valence-corrected chi connectivity index (χ1v) is 5.46. The number of carbonyl (C=O) groups is 2. The van der Waals surface area contributed by atoms with Gasteiger partial charge in [-0.3, -0.25) is 4.79 Å². The van der Waals surface area contributed by atoms with Crippen LogP contribution in [0.15, 0.2) is 6.07 Å². The SMILES string of the molecule is COC(=O)CCOC(=O)c1cc(N)c(C)s1. The molecule has 0 unspecified atom stereocenters. The molecule has 0 saturated carbocycles. The Morgan fingerprint density at radius 2 is 2.19 bits per heavy atom. The minimum absolute atomic E-state index is 0.0162. The number of carbonyl (C=O) groups excluding carboxylic acids is 2. The van der Waals surface area contributed by atoms with Gasteiger partial charge in [0.25, 0.3) is 0 Å². The highest BCUT2D eigenvalue weighted by molar-refractivity contribution is 7.14. The van der Waals surface area contributed by atoms with Crippen LogP contribution in [0, 0.1) is 6.92 Å². The van der Waals surface area contributed by atoms with E-state index in [0.717, 1.165) is 4.88 Å². The third-order valence-corrected chi connectivity index (χ3v) is 2.97. The number of thiophene rings is 1. The summed E-state index contributed by atoms with van der Waals surface area (Å²) in [4.78, 5) is 23.5. The summed E-state index contributed by atoms with van der Waals surface area (Å²) in [6, 6.07) is 1.57. The van der Waals surface area contributed by atoms with Gasteiger partial charge in [0, 0.05) is 10.6 Å². The minimum Gasteiger partial charge on any atom is -0.469 e. The van der Waals surface area contributed by atoms with E-state index < -0.39 is 11.9 Å². The quantitative estimate of drug-likeness (QED) is 0.808. The van der Waals surface area contributed by atoms with Gasteiger partial charge in [0.15, 0.2) is 0 Å². The maximum atomic E-state index is 11.5. The zero-order valence-electron chi connectivity index (χ0n) is 9.11. The topological polar surface area (TPSA) is 78.6 Å². The average Bonchev–Trinajstić information content (AvgIpc) is 2.59. The third kappa shape index (κ3) is 3.23. The van der Waals surface area contributed by atoms with Gasteiger partial charge >= 0.3 is 11.9 Å². The lowest BCUT2D eigenvalue weighted by Crippen LogP contribution is -2.09. The molecule has 0 aromatic carbocycles. The Morgan fingerprint density at radius 1 is 1.50 bits per heavy atom. The van der Waals surface area contributed by atoms with Crippen molar-refractivity contribution < 1.29 is 19.1 Å². The summed E-state index contributed by atoms with van der Waals surface area (Å²) in [5, 5.41) is 0. The first-order chi connectivity index (χ1) is 7.54. The molecule has 0 aliphatic heterocycles. The van der Waals surface area contributed by atoms with Crippen molar-refractivity contribution >= 4 is 29.0 Å². The molecule has 16 heavy (non-hydrogen) atoms. The van der Waals surface area contributed by atoms with E-state index in [1.807, 2.05) is 6.92 Å². The van der Waals surface area contributed by atoms with Crippen LogP contribution in [0.25, 0.3) is 0 Å². The molecule has 0 aliphatic rings. The van der Waals surface area contributed by atoms with Crippen molar-refractivity contribution in [2.45, 2.75) is 13.3 Å². The van der Waals surface area contributed by atoms with Gasteiger partial charge in [-0.25, -0.2) is 4.79 Å². The molecule has 0 spiro atoms. The Balaban J connectivity index is 2.44. The highest BCUT2D eigenvalue weighted by atomic mass is 32.1. The van der Waals surface area contributed by atoms with Crippen molar-refractivity contribution in [2.75, 3.05) is 19.5 Å². The Bertz CT molecular complexity index is 380. The van der Waals surface area contributed by atoms with Gasteiger partial charge < -0.3 is 15.2 Å². The van der Waals surface area contributed by atoms with Gasteiger partial charge in [-0.1, -0.05) is 0 Å². The summed E-state index contributed by atoms with van der Waals surface area (Å²) < 4.78 is 9.30. The molecule has 0 atom stereocenters. The van der Waals surface area contributed by atoms with E-state index in [1.165, 1.54) is 18.4 Å². The molecule has 0 aliphatic carbocycles. The molecular weight excluding hydrogens is 230 g/mol. The molecule has 6 heteroatoms. The van der Waals surface area contributed by atoms with Crippen LogP contribution in [0.4, 0.5) is 5.69 Å². The summed E-state index contributed by atoms with van der Waals surface area (Å²) in [6.45, 7) is 1.84. The molecule has 2 N–H and O–H groups in total. The molecule has 0 radical (unpaired) electrons. The van der Waals surface area contributed by atoms with Crippen molar-refractivity contribution in [1.29, 1.82) is 0 Å². The van der Waals surface area contributed by atoms with Crippen LogP contribution in [0.5, 0.6) is 0 Å². The lowest BCUT2D eigenvalue weighted by Gasteiger charge is -2.01. The lowest BCUT2D eigenvalue weighted by molar-refractivity contribution is -0.141. The van der Waals surface area contributed by atoms with Gasteiger partial charge in [-0.05, 0) is 13.0 Å². The molecular formula is C10H13NO4S. The number of methoxy groups -OCH3 is 1. The standard InChI is InChI=1S/C10H13NO4S/c1-6-7(11)5-8(16-6)10(13)15-4-3-9(12)14-2/h5H,3-4,11H2,1-2H3. The van der Waals surface area contributed by atoms with Crippen molar-refractivity contribution in [1.82, 2.24) is 0 Å². The van der Waals surface area contributed by atoms with E-state index in [1.54, 1.807) is 6.07 Å². The second kappa shape index (κ2) is 5.50. The van der Waals surface area contributed by atoms with Crippen molar-refractivity contribution in [3.05, 3.63) is 15.8 Å². The van der Waals surface area contributed by atoms with Crippen molar-refractivity contribution in [3.63, 3.8) is 0 Å². The number of ether oxygens (including phenoxy) is 2. The van der Waals surface area contributed by atoms with Crippen molar-refractivity contribution in [2.24, 2.45) is 0 Å². The Morgan fingerprint density at radius 3 is 2.69 bits per heavy atom. The van der Waals surface area contributed by atoms with E-state index in [4.69, 9.17) is 10.5 Å². The number of nitrogens with two attached hydrogens (primary N) is 1. The Labute approximate surface area is 97.2 Å². The van der Waals surface area contributed by atoms with Crippen LogP contribution in [0.3, 0.4) is 0 Å². The molecule has 1 heterocycles. The smallest absolute Gasteiger partial charge is 0.348 e. The summed E-state index contributed by atoms with van der Waals surface area (Å²) >= 11 is 1.27. The van der Waals surface area contributed by atoms with Gasteiger partial charge in [-0.2, -0.15) is 0 Å². The predicted octanol–water partition coefficient (Wildman–Crippen LogP) is 1.36. The zero-order chi connectivity index (χ0) is 12.1. The Kier molecular flexibility index (Phi) is 4.30. The maximum Gasteiger partial charge on any atom is 0.348 e. The zero-order valence-corrected chi connectivity index (χ0v) is 9.93. The van der Waals surface area contributed by atoms with Crippen LogP contribution >= 0.6 is 11.3 Å². The largest absolute Gasteiger partial charge is 0.469 e. The molecule has 0 bridgehead atoms. The molecule has 5 nitrogen and oxygen atoms in total. The fourth-order valence-electron chi connectivity index (χ4n) is 0.997. The number of hydrogen-bond donors (Lipinski definition) is 1. The molecule has 1 aromatic heterocycles. The highest BCUT2D eigenvalue weighted by Crippen LogP contribution is 2.23. The molecule has 1 aromatic rings. The number of anilines is 1. The van der Waals surface area contributed by atoms with E-state index in [9.17, 15) is 9.59 Å². The summed E-state index contributed by atoms with van der Waals surface area (Å²) in [5.74, 6) is -0.872. The van der Waals surface area contributed by atoms with Gasteiger partial charge in [0.1, 0.15) is 11.5 Å². The molecule has 1 rings (SSSR count). The number of esters is 2. The van der Waals surface area contributed by atoms with Crippen LogP contribution in [0.2, 0.25) is 0 Å². The second-order valence-corrected chi connectivity index (χ2v) is 4.34. The first-order valence-electron chi connectivity index (χ1n) is 4.64. The lowest BCUT2D eigenvalue weighted by atomic mass is 10.4.